The van der Waals surface area contributed by atoms with Gasteiger partial charge in [-0.25, -0.2) is 0 Å². The second kappa shape index (κ2) is 8.17. The standard InChI is InChI=1S/C10H19NOS/c1-3-6-9(7-5-8-13)11-10(12)4-2/h3,9,13H,1,4-8H2,2H3,(H,11,12)/t9-/m0/s1. The van der Waals surface area contributed by atoms with E-state index < -0.39 is 0 Å². The zero-order valence-corrected chi connectivity index (χ0v) is 9.15. The molecule has 13 heavy (non-hydrogen) atoms. The third-order valence-electron chi connectivity index (χ3n) is 1.85. The molecule has 0 bridgehead atoms. The molecule has 1 amide bonds. The number of thiol groups is 1. The summed E-state index contributed by atoms with van der Waals surface area (Å²) in [7, 11) is 0. The highest BCUT2D eigenvalue weighted by Gasteiger charge is 2.08. The number of nitrogens with one attached hydrogen (secondary N) is 1. The van der Waals surface area contributed by atoms with Crippen LogP contribution in [0.25, 0.3) is 0 Å². The fourth-order valence-corrected chi connectivity index (χ4v) is 1.30. The average Bonchev–Trinajstić information content (AvgIpc) is 2.14. The first-order valence-corrected chi connectivity index (χ1v) is 5.39. The molecule has 0 unspecified atom stereocenters. The molecule has 0 aliphatic heterocycles. The fraction of sp³-hybridized carbons (Fsp3) is 0.700. The van der Waals surface area contributed by atoms with E-state index in [4.69, 9.17) is 0 Å². The Morgan fingerprint density at radius 2 is 2.38 bits per heavy atom. The van der Waals surface area contributed by atoms with Crippen LogP contribution in [0.1, 0.15) is 32.6 Å². The molecular formula is C10H19NOS. The number of rotatable bonds is 7. The maximum absolute atomic E-state index is 11.1. The van der Waals surface area contributed by atoms with Crippen LogP contribution in [0, 0.1) is 0 Å². The van der Waals surface area contributed by atoms with Gasteiger partial charge in [-0.15, -0.1) is 6.58 Å². The van der Waals surface area contributed by atoms with Crippen LogP contribution in [0.3, 0.4) is 0 Å². The van der Waals surface area contributed by atoms with Gasteiger partial charge >= 0.3 is 0 Å². The van der Waals surface area contributed by atoms with Crippen LogP contribution >= 0.6 is 12.6 Å². The highest BCUT2D eigenvalue weighted by Crippen LogP contribution is 2.04. The molecule has 0 saturated heterocycles. The van der Waals surface area contributed by atoms with Crippen LogP contribution in [-0.2, 0) is 4.79 Å². The van der Waals surface area contributed by atoms with Gasteiger partial charge < -0.3 is 5.32 Å². The van der Waals surface area contributed by atoms with Crippen molar-refractivity contribution in [3.05, 3.63) is 12.7 Å². The smallest absolute Gasteiger partial charge is 0.219 e. The van der Waals surface area contributed by atoms with Crippen molar-refractivity contribution >= 4 is 18.5 Å². The Bertz CT molecular complexity index is 159. The predicted octanol–water partition coefficient (Wildman–Crippen LogP) is 2.17. The van der Waals surface area contributed by atoms with Crippen molar-refractivity contribution in [3.63, 3.8) is 0 Å². The Balaban J connectivity index is 3.78. The third-order valence-corrected chi connectivity index (χ3v) is 2.16. The van der Waals surface area contributed by atoms with Crippen molar-refractivity contribution in [2.45, 2.75) is 38.6 Å². The summed E-state index contributed by atoms with van der Waals surface area (Å²) in [5.41, 5.74) is 0. The van der Waals surface area contributed by atoms with Crippen molar-refractivity contribution in [1.82, 2.24) is 5.32 Å². The molecule has 0 aromatic carbocycles. The van der Waals surface area contributed by atoms with Crippen LogP contribution in [0.4, 0.5) is 0 Å². The number of hydrogen-bond donors (Lipinski definition) is 2. The van der Waals surface area contributed by atoms with Gasteiger partial charge in [0.05, 0.1) is 0 Å². The lowest BCUT2D eigenvalue weighted by atomic mass is 10.1. The second-order valence-electron chi connectivity index (χ2n) is 3.01. The molecule has 0 saturated carbocycles. The summed E-state index contributed by atoms with van der Waals surface area (Å²) in [5, 5.41) is 2.96. The zero-order valence-electron chi connectivity index (χ0n) is 8.25. The first-order valence-electron chi connectivity index (χ1n) is 4.75. The summed E-state index contributed by atoms with van der Waals surface area (Å²) >= 11 is 4.14. The van der Waals surface area contributed by atoms with Crippen molar-refractivity contribution in [3.8, 4) is 0 Å². The number of carbonyl (C=O) groups is 1. The van der Waals surface area contributed by atoms with Crippen molar-refractivity contribution in [2.24, 2.45) is 0 Å². The number of hydrogen-bond acceptors (Lipinski definition) is 2. The molecule has 1 atom stereocenters. The molecule has 0 rings (SSSR count). The Hall–Kier alpha value is -0.440. The lowest BCUT2D eigenvalue weighted by molar-refractivity contribution is -0.121. The maximum Gasteiger partial charge on any atom is 0.219 e. The Labute approximate surface area is 86.2 Å². The van der Waals surface area contributed by atoms with Gasteiger partial charge in [0.25, 0.3) is 0 Å². The highest BCUT2D eigenvalue weighted by molar-refractivity contribution is 7.80. The molecule has 2 nitrogen and oxygen atoms in total. The van der Waals surface area contributed by atoms with E-state index in [-0.39, 0.29) is 11.9 Å². The molecule has 0 radical (unpaired) electrons. The van der Waals surface area contributed by atoms with Crippen molar-refractivity contribution in [1.29, 1.82) is 0 Å². The topological polar surface area (TPSA) is 29.1 Å². The monoisotopic (exact) mass is 201 g/mol. The van der Waals surface area contributed by atoms with Gasteiger partial charge in [-0.1, -0.05) is 13.0 Å². The minimum Gasteiger partial charge on any atom is -0.353 e. The normalized spacial score (nSPS) is 12.2. The van der Waals surface area contributed by atoms with E-state index in [0.717, 1.165) is 25.0 Å². The summed E-state index contributed by atoms with van der Waals surface area (Å²) < 4.78 is 0. The molecule has 0 aromatic heterocycles. The fourth-order valence-electron chi connectivity index (χ4n) is 1.12. The number of carbonyl (C=O) groups excluding carboxylic acids is 1. The lowest BCUT2D eigenvalue weighted by Crippen LogP contribution is -2.33. The highest BCUT2D eigenvalue weighted by atomic mass is 32.1. The molecule has 0 fully saturated rings. The first kappa shape index (κ1) is 12.6. The molecule has 76 valence electrons. The van der Waals surface area contributed by atoms with Gasteiger partial charge in [-0.3, -0.25) is 4.79 Å². The molecule has 3 heteroatoms. The molecule has 0 aromatic rings. The van der Waals surface area contributed by atoms with E-state index in [2.05, 4.69) is 24.5 Å². The molecule has 0 aliphatic rings. The van der Waals surface area contributed by atoms with Gasteiger partial charge in [-0.05, 0) is 25.0 Å². The quantitative estimate of drug-likeness (QED) is 0.480. The van der Waals surface area contributed by atoms with Crippen molar-refractivity contribution in [2.75, 3.05) is 5.75 Å². The Morgan fingerprint density at radius 1 is 1.69 bits per heavy atom. The van der Waals surface area contributed by atoms with Crippen molar-refractivity contribution < 1.29 is 4.79 Å². The minimum atomic E-state index is 0.117. The molecular weight excluding hydrogens is 182 g/mol. The SMILES string of the molecule is C=CC[C@@H](CCCS)NC(=O)CC. The molecule has 0 aliphatic carbocycles. The predicted molar refractivity (Wildman–Crippen MR) is 60.1 cm³/mol. The van der Waals surface area contributed by atoms with E-state index in [1.54, 1.807) is 0 Å². The van der Waals surface area contributed by atoms with Crippen LogP contribution in [0.2, 0.25) is 0 Å². The maximum atomic E-state index is 11.1. The zero-order chi connectivity index (χ0) is 10.1. The van der Waals surface area contributed by atoms with Crippen LogP contribution in [-0.4, -0.2) is 17.7 Å². The summed E-state index contributed by atoms with van der Waals surface area (Å²) in [6, 6.07) is 0.247. The van der Waals surface area contributed by atoms with Gasteiger partial charge in [-0.2, -0.15) is 12.6 Å². The average molecular weight is 201 g/mol. The third kappa shape index (κ3) is 6.70. The summed E-state index contributed by atoms with van der Waals surface area (Å²) in [6.07, 6.45) is 5.26. The van der Waals surface area contributed by atoms with E-state index in [0.29, 0.717) is 6.42 Å². The Morgan fingerprint density at radius 3 is 2.85 bits per heavy atom. The van der Waals surface area contributed by atoms with Gasteiger partial charge in [0, 0.05) is 12.5 Å². The van der Waals surface area contributed by atoms with Gasteiger partial charge in [0.1, 0.15) is 0 Å². The van der Waals surface area contributed by atoms with E-state index in [1.165, 1.54) is 0 Å². The first-order chi connectivity index (χ1) is 6.24. The van der Waals surface area contributed by atoms with Crippen LogP contribution in [0.15, 0.2) is 12.7 Å². The largest absolute Gasteiger partial charge is 0.353 e. The molecule has 0 heterocycles. The van der Waals surface area contributed by atoms with Crippen LogP contribution < -0.4 is 5.32 Å². The van der Waals surface area contributed by atoms with Gasteiger partial charge in [0.2, 0.25) is 5.91 Å². The molecule has 0 spiro atoms. The summed E-state index contributed by atoms with van der Waals surface area (Å²) in [6.45, 7) is 5.53. The molecule has 1 N–H and O–H groups in total. The van der Waals surface area contributed by atoms with E-state index in [9.17, 15) is 4.79 Å². The van der Waals surface area contributed by atoms with Crippen LogP contribution in [0.5, 0.6) is 0 Å². The Kier molecular flexibility index (Phi) is 7.90. The van der Waals surface area contributed by atoms with Gasteiger partial charge in [0.15, 0.2) is 0 Å². The second-order valence-corrected chi connectivity index (χ2v) is 3.46. The summed E-state index contributed by atoms with van der Waals surface area (Å²) in [5.74, 6) is 0.987. The minimum absolute atomic E-state index is 0.117. The van der Waals surface area contributed by atoms with E-state index in [1.807, 2.05) is 13.0 Å². The van der Waals surface area contributed by atoms with E-state index >= 15 is 0 Å². The number of amides is 1. The lowest BCUT2D eigenvalue weighted by Gasteiger charge is -2.15. The summed E-state index contributed by atoms with van der Waals surface area (Å²) in [4.78, 5) is 11.1.